The van der Waals surface area contributed by atoms with Crippen LogP contribution in [0.1, 0.15) is 18.4 Å². The van der Waals surface area contributed by atoms with Crippen LogP contribution in [0.4, 0.5) is 5.69 Å². The molecule has 0 unspecified atom stereocenters. The van der Waals surface area contributed by atoms with Gasteiger partial charge in [0.1, 0.15) is 0 Å². The second-order valence-electron chi connectivity index (χ2n) is 5.61. The van der Waals surface area contributed by atoms with Crippen LogP contribution in [-0.2, 0) is 13.6 Å². The molecule has 1 fully saturated rings. The zero-order valence-corrected chi connectivity index (χ0v) is 12.0. The van der Waals surface area contributed by atoms with Gasteiger partial charge in [0, 0.05) is 43.6 Å². The SMILES string of the molecule is Cn1cc(CN2CCC[C@@H](Nc3ccccc3)C2)cn1. The first-order valence-electron chi connectivity index (χ1n) is 7.31. The lowest BCUT2D eigenvalue weighted by Crippen LogP contribution is -2.41. The molecule has 1 N–H and O–H groups in total. The molecule has 1 atom stereocenters. The number of nitrogens with one attached hydrogen (secondary N) is 1. The summed E-state index contributed by atoms with van der Waals surface area (Å²) in [5.74, 6) is 0. The molecule has 1 saturated heterocycles. The van der Waals surface area contributed by atoms with E-state index in [2.05, 4.69) is 51.8 Å². The lowest BCUT2D eigenvalue weighted by molar-refractivity contribution is 0.208. The van der Waals surface area contributed by atoms with Gasteiger partial charge in [-0.15, -0.1) is 0 Å². The Hall–Kier alpha value is -1.81. The number of aryl methyl sites for hydroxylation is 1. The van der Waals surface area contributed by atoms with Crippen molar-refractivity contribution in [2.75, 3.05) is 18.4 Å². The minimum absolute atomic E-state index is 0.544. The number of hydrogen-bond donors (Lipinski definition) is 1. The van der Waals surface area contributed by atoms with Crippen molar-refractivity contribution in [2.24, 2.45) is 7.05 Å². The predicted molar refractivity (Wildman–Crippen MR) is 81.6 cm³/mol. The maximum Gasteiger partial charge on any atom is 0.0534 e. The number of hydrogen-bond acceptors (Lipinski definition) is 3. The molecule has 0 saturated carbocycles. The Kier molecular flexibility index (Phi) is 4.02. The molecule has 106 valence electrons. The van der Waals surface area contributed by atoms with E-state index in [0.717, 1.165) is 13.1 Å². The van der Waals surface area contributed by atoms with Crippen molar-refractivity contribution in [3.05, 3.63) is 48.3 Å². The highest BCUT2D eigenvalue weighted by atomic mass is 15.2. The first-order valence-corrected chi connectivity index (χ1v) is 7.31. The first kappa shape index (κ1) is 13.2. The van der Waals surface area contributed by atoms with Crippen molar-refractivity contribution < 1.29 is 0 Å². The van der Waals surface area contributed by atoms with Crippen LogP contribution in [0.15, 0.2) is 42.7 Å². The molecule has 2 heterocycles. The molecule has 0 spiro atoms. The quantitative estimate of drug-likeness (QED) is 0.926. The van der Waals surface area contributed by atoms with Gasteiger partial charge < -0.3 is 5.32 Å². The van der Waals surface area contributed by atoms with Crippen LogP contribution in [0.3, 0.4) is 0 Å². The van der Waals surface area contributed by atoms with Crippen molar-refractivity contribution in [1.29, 1.82) is 0 Å². The number of likely N-dealkylation sites (tertiary alicyclic amines) is 1. The molecule has 0 aliphatic carbocycles. The fourth-order valence-corrected chi connectivity index (χ4v) is 2.90. The zero-order valence-electron chi connectivity index (χ0n) is 12.0. The second kappa shape index (κ2) is 6.09. The van der Waals surface area contributed by atoms with E-state index in [0.29, 0.717) is 6.04 Å². The van der Waals surface area contributed by atoms with Crippen molar-refractivity contribution in [1.82, 2.24) is 14.7 Å². The van der Waals surface area contributed by atoms with E-state index in [1.807, 2.05) is 17.9 Å². The molecule has 4 heteroatoms. The molecular formula is C16H22N4. The summed E-state index contributed by atoms with van der Waals surface area (Å²) in [5, 5.41) is 7.88. The summed E-state index contributed by atoms with van der Waals surface area (Å²) in [4.78, 5) is 2.51. The van der Waals surface area contributed by atoms with Crippen molar-refractivity contribution in [3.63, 3.8) is 0 Å². The number of para-hydroxylation sites is 1. The van der Waals surface area contributed by atoms with Crippen molar-refractivity contribution in [3.8, 4) is 0 Å². The fourth-order valence-electron chi connectivity index (χ4n) is 2.90. The monoisotopic (exact) mass is 270 g/mol. The Bertz CT molecular complexity index is 534. The number of piperidine rings is 1. The molecule has 2 aromatic rings. The van der Waals surface area contributed by atoms with E-state index in [-0.39, 0.29) is 0 Å². The van der Waals surface area contributed by atoms with Crippen molar-refractivity contribution >= 4 is 5.69 Å². The molecule has 1 aliphatic heterocycles. The highest BCUT2D eigenvalue weighted by molar-refractivity contribution is 5.43. The van der Waals surface area contributed by atoms with Crippen LogP contribution < -0.4 is 5.32 Å². The van der Waals surface area contributed by atoms with Crippen LogP contribution in [0.2, 0.25) is 0 Å². The lowest BCUT2D eigenvalue weighted by atomic mass is 10.0. The topological polar surface area (TPSA) is 33.1 Å². The van der Waals surface area contributed by atoms with E-state index in [9.17, 15) is 0 Å². The molecule has 0 bridgehead atoms. The van der Waals surface area contributed by atoms with Crippen LogP contribution in [0.25, 0.3) is 0 Å². The fraction of sp³-hybridized carbons (Fsp3) is 0.438. The Balaban J connectivity index is 1.56. The summed E-state index contributed by atoms with van der Waals surface area (Å²) in [6.07, 6.45) is 6.58. The highest BCUT2D eigenvalue weighted by Gasteiger charge is 2.20. The van der Waals surface area contributed by atoms with Crippen LogP contribution >= 0.6 is 0 Å². The number of benzene rings is 1. The molecule has 4 nitrogen and oxygen atoms in total. The van der Waals surface area contributed by atoms with Crippen LogP contribution in [0, 0.1) is 0 Å². The van der Waals surface area contributed by atoms with Crippen LogP contribution in [0.5, 0.6) is 0 Å². The summed E-state index contributed by atoms with van der Waals surface area (Å²) in [6.45, 7) is 3.28. The largest absolute Gasteiger partial charge is 0.381 e. The van der Waals surface area contributed by atoms with E-state index in [4.69, 9.17) is 0 Å². The van der Waals surface area contributed by atoms with Gasteiger partial charge in [-0.3, -0.25) is 9.58 Å². The van der Waals surface area contributed by atoms with Gasteiger partial charge in [0.15, 0.2) is 0 Å². The molecule has 20 heavy (non-hydrogen) atoms. The number of rotatable bonds is 4. The number of nitrogens with zero attached hydrogens (tertiary/aromatic N) is 3. The Morgan fingerprint density at radius 1 is 1.30 bits per heavy atom. The van der Waals surface area contributed by atoms with Gasteiger partial charge in [-0.1, -0.05) is 18.2 Å². The van der Waals surface area contributed by atoms with E-state index < -0.39 is 0 Å². The van der Waals surface area contributed by atoms with Gasteiger partial charge >= 0.3 is 0 Å². The second-order valence-corrected chi connectivity index (χ2v) is 5.61. The molecular weight excluding hydrogens is 248 g/mol. The van der Waals surface area contributed by atoms with Gasteiger partial charge in [0.05, 0.1) is 6.20 Å². The average Bonchev–Trinajstić information content (AvgIpc) is 2.86. The Morgan fingerprint density at radius 2 is 2.15 bits per heavy atom. The standard InChI is InChI=1S/C16H22N4/c1-19-11-14(10-17-19)12-20-9-5-8-16(13-20)18-15-6-3-2-4-7-15/h2-4,6-7,10-11,16,18H,5,8-9,12-13H2,1H3/t16-/m1/s1. The van der Waals surface area contributed by atoms with Gasteiger partial charge in [-0.05, 0) is 31.5 Å². The average molecular weight is 270 g/mol. The highest BCUT2D eigenvalue weighted by Crippen LogP contribution is 2.17. The summed E-state index contributed by atoms with van der Waals surface area (Å²) < 4.78 is 1.87. The lowest BCUT2D eigenvalue weighted by Gasteiger charge is -2.33. The number of aromatic nitrogens is 2. The van der Waals surface area contributed by atoms with Crippen LogP contribution in [-0.4, -0.2) is 33.8 Å². The third-order valence-corrected chi connectivity index (χ3v) is 3.81. The smallest absolute Gasteiger partial charge is 0.0534 e. The normalized spacial score (nSPS) is 19.9. The first-order chi connectivity index (χ1) is 9.79. The van der Waals surface area contributed by atoms with Gasteiger partial charge in [0.2, 0.25) is 0 Å². The molecule has 1 aromatic heterocycles. The molecule has 1 aromatic carbocycles. The predicted octanol–water partition coefficient (Wildman–Crippen LogP) is 2.50. The van der Waals surface area contributed by atoms with Gasteiger partial charge in [0.25, 0.3) is 0 Å². The molecule has 1 aliphatic rings. The molecule has 3 rings (SSSR count). The minimum atomic E-state index is 0.544. The summed E-state index contributed by atoms with van der Waals surface area (Å²) in [7, 11) is 1.97. The van der Waals surface area contributed by atoms with E-state index >= 15 is 0 Å². The van der Waals surface area contributed by atoms with Gasteiger partial charge in [-0.25, -0.2) is 0 Å². The van der Waals surface area contributed by atoms with E-state index in [1.165, 1.54) is 30.6 Å². The van der Waals surface area contributed by atoms with Crippen molar-refractivity contribution in [2.45, 2.75) is 25.4 Å². The number of anilines is 1. The van der Waals surface area contributed by atoms with E-state index in [1.54, 1.807) is 0 Å². The third kappa shape index (κ3) is 3.39. The Labute approximate surface area is 120 Å². The third-order valence-electron chi connectivity index (χ3n) is 3.81. The minimum Gasteiger partial charge on any atom is -0.381 e. The zero-order chi connectivity index (χ0) is 13.8. The summed E-state index contributed by atoms with van der Waals surface area (Å²) in [6, 6.07) is 11.0. The maximum absolute atomic E-state index is 4.24. The summed E-state index contributed by atoms with van der Waals surface area (Å²) in [5.41, 5.74) is 2.52. The maximum atomic E-state index is 4.24. The summed E-state index contributed by atoms with van der Waals surface area (Å²) >= 11 is 0. The molecule has 0 amide bonds. The Morgan fingerprint density at radius 3 is 2.90 bits per heavy atom. The van der Waals surface area contributed by atoms with Gasteiger partial charge in [-0.2, -0.15) is 5.10 Å². The molecule has 0 radical (unpaired) electrons.